The predicted molar refractivity (Wildman–Crippen MR) is 212 cm³/mol. The van der Waals surface area contributed by atoms with E-state index < -0.39 is 9.84 Å². The Balaban J connectivity index is 0.000000181. The first-order valence-corrected chi connectivity index (χ1v) is 17.5. The number of benzene rings is 6. The largest absolute Gasteiger partial charge is 0.506 e. The Morgan fingerprint density at radius 3 is 1.00 bits per heavy atom. The summed E-state index contributed by atoms with van der Waals surface area (Å²) in [7, 11) is -3.80. The van der Waals surface area contributed by atoms with E-state index in [9.17, 15) is 39.1 Å². The molecule has 0 saturated carbocycles. The van der Waals surface area contributed by atoms with E-state index in [0.717, 1.165) is 34.4 Å². The monoisotopic (exact) mass is 754 g/mol. The molecule has 0 radical (unpaired) electrons. The smallest absolute Gasteiger partial charge is 0.206 e. The van der Waals surface area contributed by atoms with Crippen LogP contribution in [0, 0.1) is 0 Å². The highest BCUT2D eigenvalue weighted by Gasteiger charge is 2.25. The molecule has 0 aliphatic carbocycles. The average Bonchev–Trinajstić information content (AvgIpc) is 3.12. The Hall–Kier alpha value is -7.13. The summed E-state index contributed by atoms with van der Waals surface area (Å²) in [6.45, 7) is 4.06. The zero-order chi connectivity index (χ0) is 40.1. The van der Waals surface area contributed by atoms with Crippen LogP contribution in [0.1, 0.15) is 25.0 Å². The average molecular weight is 755 g/mol. The van der Waals surface area contributed by atoms with E-state index in [2.05, 4.69) is 0 Å². The van der Waals surface area contributed by atoms with Crippen LogP contribution in [0.2, 0.25) is 0 Å². The highest BCUT2D eigenvalue weighted by molar-refractivity contribution is 7.91. The Labute approximate surface area is 311 Å². The quantitative estimate of drug-likeness (QED) is 0.0752. The summed E-state index contributed by atoms with van der Waals surface area (Å²) < 4.78 is 24.6. The minimum absolute atomic E-state index is 0.0221. The maximum Gasteiger partial charge on any atom is 0.206 e. The fourth-order valence-electron chi connectivity index (χ4n) is 5.04. The molecule has 0 aromatic heterocycles. The van der Waals surface area contributed by atoms with Crippen molar-refractivity contribution in [1.82, 2.24) is 0 Å². The molecule has 0 spiro atoms. The van der Waals surface area contributed by atoms with E-state index in [1.807, 2.05) is 26.0 Å². The third kappa shape index (κ3) is 8.83. The van der Waals surface area contributed by atoms with E-state index >= 15 is 0 Å². The van der Waals surface area contributed by atoms with Crippen molar-refractivity contribution in [3.63, 3.8) is 0 Å². The third-order valence-electron chi connectivity index (χ3n) is 8.51. The van der Waals surface area contributed by atoms with Crippen molar-refractivity contribution in [2.75, 3.05) is 34.4 Å². The molecule has 0 saturated heterocycles. The zero-order valence-electron chi connectivity index (χ0n) is 29.3. The molecule has 14 nitrogen and oxygen atoms in total. The molecule has 0 fully saturated rings. The lowest BCUT2D eigenvalue weighted by atomic mass is 9.78. The van der Waals surface area contributed by atoms with Crippen LogP contribution < -0.4 is 34.4 Å². The lowest BCUT2D eigenvalue weighted by Gasteiger charge is -2.27. The van der Waals surface area contributed by atoms with Gasteiger partial charge in [-0.05, 0) is 107 Å². The van der Waals surface area contributed by atoms with Gasteiger partial charge in [-0.2, -0.15) is 0 Å². The van der Waals surface area contributed by atoms with Crippen molar-refractivity contribution < 1.29 is 39.1 Å². The minimum atomic E-state index is -3.80. The van der Waals surface area contributed by atoms with Crippen LogP contribution in [0.4, 0.5) is 34.1 Å². The molecule has 0 bridgehead atoms. The third-order valence-corrected chi connectivity index (χ3v) is 10.3. The standard InChI is InChI=1S/C15H18N2O2.C12H12N2O4S.C12H12N2O2/c1-15(2,9-3-5-13(18)11(16)7-9)10-4-6-14(19)12(17)8-10;13-9-5-7(1-3-11(9)15)19(17,18)8-2-4-12(16)10(14)6-8;13-9-3-1-7(5-11(9)15)8-2-4-10(14)12(16)6-8/h3-8,18-19H,16-17H2,1-2H3;1-6,15-16H,13-14H2;1-6,15-16H,13-14H2. The van der Waals surface area contributed by atoms with Crippen molar-refractivity contribution in [2.45, 2.75) is 29.1 Å². The van der Waals surface area contributed by atoms with Crippen molar-refractivity contribution in [3.05, 3.63) is 120 Å². The van der Waals surface area contributed by atoms with Crippen LogP contribution in [0.25, 0.3) is 11.1 Å². The first kappa shape index (κ1) is 39.7. The highest BCUT2D eigenvalue weighted by atomic mass is 32.2. The van der Waals surface area contributed by atoms with E-state index in [-0.39, 0.29) is 61.1 Å². The van der Waals surface area contributed by atoms with Crippen LogP contribution in [-0.2, 0) is 15.3 Å². The van der Waals surface area contributed by atoms with Gasteiger partial charge in [0.15, 0.2) is 0 Å². The first-order valence-electron chi connectivity index (χ1n) is 16.0. The fraction of sp³-hybridized carbons (Fsp3) is 0.0769. The second-order valence-corrected chi connectivity index (χ2v) is 14.6. The Morgan fingerprint density at radius 1 is 0.389 bits per heavy atom. The molecule has 0 heterocycles. The molecule has 54 heavy (non-hydrogen) atoms. The second-order valence-electron chi connectivity index (χ2n) is 12.7. The molecule has 6 aromatic rings. The summed E-state index contributed by atoms with van der Waals surface area (Å²) in [6.07, 6.45) is 0. The molecule has 0 atom stereocenters. The maximum atomic E-state index is 12.3. The van der Waals surface area contributed by atoms with Gasteiger partial charge in [-0.3, -0.25) is 0 Å². The topological polar surface area (TPSA) is 312 Å². The van der Waals surface area contributed by atoms with Gasteiger partial charge in [0.2, 0.25) is 9.84 Å². The van der Waals surface area contributed by atoms with Gasteiger partial charge < -0.3 is 65.0 Å². The lowest BCUT2D eigenvalue weighted by molar-refractivity contribution is 0.476. The van der Waals surface area contributed by atoms with E-state index in [0.29, 0.717) is 22.7 Å². The first-order chi connectivity index (χ1) is 25.2. The number of phenolic OH excluding ortho intramolecular Hbond substituents is 6. The lowest BCUT2D eigenvalue weighted by Crippen LogP contribution is -2.19. The molecule has 0 aliphatic rings. The number of hydrogen-bond donors (Lipinski definition) is 12. The molecule has 282 valence electrons. The number of anilines is 6. The van der Waals surface area contributed by atoms with Crippen molar-refractivity contribution in [3.8, 4) is 45.6 Å². The van der Waals surface area contributed by atoms with Gasteiger partial charge in [0, 0.05) is 5.41 Å². The van der Waals surface area contributed by atoms with E-state index in [1.165, 1.54) is 24.3 Å². The van der Waals surface area contributed by atoms with Crippen LogP contribution in [-0.4, -0.2) is 39.1 Å². The maximum absolute atomic E-state index is 12.3. The van der Waals surface area contributed by atoms with E-state index in [1.54, 1.807) is 60.7 Å². The van der Waals surface area contributed by atoms with Gasteiger partial charge in [0.1, 0.15) is 34.5 Å². The molecule has 18 N–H and O–H groups in total. The Morgan fingerprint density at radius 2 is 0.704 bits per heavy atom. The SMILES string of the molecule is CC(C)(c1ccc(O)c(N)c1)c1ccc(O)c(N)c1.Nc1cc(S(=O)(=O)c2ccc(O)c(N)c2)ccc1O.Nc1ccc(-c2ccc(N)c(O)c2)cc1O. The van der Waals surface area contributed by atoms with Crippen LogP contribution in [0.15, 0.2) is 119 Å². The summed E-state index contributed by atoms with van der Waals surface area (Å²) in [6, 6.07) is 27.3. The minimum Gasteiger partial charge on any atom is -0.506 e. The summed E-state index contributed by atoms with van der Waals surface area (Å²) in [4.78, 5) is -0.124. The summed E-state index contributed by atoms with van der Waals surface area (Å²) in [5.41, 5.74) is 37.8. The van der Waals surface area contributed by atoms with Gasteiger partial charge in [-0.25, -0.2) is 8.42 Å². The van der Waals surface area contributed by atoms with Crippen molar-refractivity contribution >= 4 is 44.0 Å². The number of nitrogens with two attached hydrogens (primary N) is 6. The van der Waals surface area contributed by atoms with Crippen LogP contribution in [0.3, 0.4) is 0 Å². The highest BCUT2D eigenvalue weighted by Crippen LogP contribution is 2.37. The number of hydrogen-bond acceptors (Lipinski definition) is 14. The van der Waals surface area contributed by atoms with Crippen LogP contribution >= 0.6 is 0 Å². The Kier molecular flexibility index (Phi) is 11.5. The number of phenols is 6. The van der Waals surface area contributed by atoms with Gasteiger partial charge >= 0.3 is 0 Å². The van der Waals surface area contributed by atoms with Gasteiger partial charge in [0.05, 0.1) is 43.9 Å². The molecule has 0 aliphatic heterocycles. The molecular formula is C39H42N6O8S. The molecule has 6 rings (SSSR count). The summed E-state index contributed by atoms with van der Waals surface area (Å²) in [5.74, 6) is -0.189. The summed E-state index contributed by atoms with van der Waals surface area (Å²) in [5, 5.41) is 56.5. The van der Waals surface area contributed by atoms with Crippen molar-refractivity contribution in [2.24, 2.45) is 0 Å². The number of aromatic hydroxyl groups is 6. The molecule has 6 aromatic carbocycles. The molecule has 0 amide bonds. The zero-order valence-corrected chi connectivity index (χ0v) is 30.1. The normalized spacial score (nSPS) is 11.1. The summed E-state index contributed by atoms with van der Waals surface area (Å²) >= 11 is 0. The number of sulfone groups is 1. The van der Waals surface area contributed by atoms with Crippen molar-refractivity contribution in [1.29, 1.82) is 0 Å². The van der Waals surface area contributed by atoms with E-state index in [4.69, 9.17) is 34.4 Å². The second kappa shape index (κ2) is 15.6. The number of nitrogen functional groups attached to an aromatic ring is 6. The molecule has 15 heteroatoms. The molecular weight excluding hydrogens is 713 g/mol. The van der Waals surface area contributed by atoms with Gasteiger partial charge in [-0.1, -0.05) is 38.1 Å². The Bertz CT molecular complexity index is 2280. The molecule has 0 unspecified atom stereocenters. The fourth-order valence-corrected chi connectivity index (χ4v) is 6.37. The number of rotatable bonds is 5. The van der Waals surface area contributed by atoms with Gasteiger partial charge in [0.25, 0.3) is 0 Å². The predicted octanol–water partition coefficient (Wildman–Crippen LogP) is 5.61. The van der Waals surface area contributed by atoms with Gasteiger partial charge in [-0.15, -0.1) is 0 Å². The van der Waals surface area contributed by atoms with Crippen LogP contribution in [0.5, 0.6) is 34.5 Å².